The molecule has 2 aromatic heterocycles. The second kappa shape index (κ2) is 4.78. The van der Waals surface area contributed by atoms with Crippen molar-refractivity contribution in [2.24, 2.45) is 0 Å². The highest BCUT2D eigenvalue weighted by Crippen LogP contribution is 2.43. The highest BCUT2D eigenvalue weighted by Gasteiger charge is 2.33. The first-order chi connectivity index (χ1) is 8.58. The largest absolute Gasteiger partial charge is 0.285 e. The molecule has 0 saturated carbocycles. The topological polar surface area (TPSA) is 34.1 Å². The van der Waals surface area contributed by atoms with Crippen molar-refractivity contribution >= 4 is 34.2 Å². The minimum Gasteiger partial charge on any atom is -0.285 e. The van der Waals surface area contributed by atoms with Crippen molar-refractivity contribution in [3.05, 3.63) is 33.0 Å². The number of fused-ring (bicyclic) bond motifs is 3. The molecule has 1 aliphatic rings. The number of aryl methyl sites for hydroxylation is 2. The average Bonchev–Trinajstić information content (AvgIpc) is 2.92. The van der Waals surface area contributed by atoms with Crippen molar-refractivity contribution in [2.75, 3.05) is 0 Å². The normalized spacial score (nSPS) is 12.7. The fourth-order valence-electron chi connectivity index (χ4n) is 1.95. The minimum atomic E-state index is -0.357. The molecule has 0 radical (unpaired) electrons. The van der Waals surface area contributed by atoms with Crippen molar-refractivity contribution in [2.45, 2.75) is 27.7 Å². The zero-order valence-corrected chi connectivity index (χ0v) is 12.4. The number of carbonyl (C=O) groups is 2. The lowest BCUT2D eigenvalue weighted by molar-refractivity contribution is 0.0816. The van der Waals surface area contributed by atoms with Crippen LogP contribution in [0.4, 0.5) is 0 Å². The maximum atomic E-state index is 11.9. The second-order valence-corrected chi connectivity index (χ2v) is 6.37. The first kappa shape index (κ1) is 13.2. The lowest BCUT2D eigenvalue weighted by Gasteiger charge is -2.08. The van der Waals surface area contributed by atoms with Gasteiger partial charge in [-0.05, 0) is 26.0 Å². The van der Waals surface area contributed by atoms with Gasteiger partial charge >= 0.3 is 0 Å². The van der Waals surface area contributed by atoms with E-state index in [2.05, 4.69) is 0 Å². The standard InChI is InChI=1S/C12H8O2S2.C2H6/c1-5-3-7-9(13)10(14)8-4-6(2)16-12(8)11(7)15-5;1-2/h3-4H,1-2H3;1-2H3. The van der Waals surface area contributed by atoms with E-state index in [0.717, 1.165) is 19.5 Å². The molecule has 0 fully saturated rings. The zero-order valence-electron chi connectivity index (χ0n) is 10.8. The van der Waals surface area contributed by atoms with Crippen LogP contribution in [0, 0.1) is 13.8 Å². The van der Waals surface area contributed by atoms with Crippen LogP contribution in [0.15, 0.2) is 12.1 Å². The number of rotatable bonds is 0. The summed E-state index contributed by atoms with van der Waals surface area (Å²) in [5, 5.41) is 0. The summed E-state index contributed by atoms with van der Waals surface area (Å²) in [4.78, 5) is 27.8. The first-order valence-electron chi connectivity index (χ1n) is 5.88. The summed E-state index contributed by atoms with van der Waals surface area (Å²) >= 11 is 3.18. The summed E-state index contributed by atoms with van der Waals surface area (Å²) in [6, 6.07) is 3.64. The highest BCUT2D eigenvalue weighted by atomic mass is 32.1. The molecule has 3 rings (SSSR count). The fourth-order valence-corrected chi connectivity index (χ4v) is 4.12. The molecule has 0 aromatic carbocycles. The Balaban J connectivity index is 0.000000574. The third kappa shape index (κ3) is 1.85. The van der Waals surface area contributed by atoms with Gasteiger partial charge in [-0.15, -0.1) is 22.7 Å². The van der Waals surface area contributed by atoms with Crippen LogP contribution in [0.5, 0.6) is 0 Å². The van der Waals surface area contributed by atoms with E-state index in [9.17, 15) is 9.59 Å². The van der Waals surface area contributed by atoms with Gasteiger partial charge in [-0.3, -0.25) is 9.59 Å². The molecule has 4 heteroatoms. The van der Waals surface area contributed by atoms with Crippen LogP contribution in [0.3, 0.4) is 0 Å². The molecule has 0 spiro atoms. The van der Waals surface area contributed by atoms with Gasteiger partial charge in [-0.2, -0.15) is 0 Å². The summed E-state index contributed by atoms with van der Waals surface area (Å²) in [7, 11) is 0. The van der Waals surface area contributed by atoms with Gasteiger partial charge in [0.2, 0.25) is 11.6 Å². The van der Waals surface area contributed by atoms with Gasteiger partial charge in [0.05, 0.1) is 9.75 Å². The van der Waals surface area contributed by atoms with Crippen LogP contribution >= 0.6 is 22.7 Å². The van der Waals surface area contributed by atoms with Crippen molar-refractivity contribution < 1.29 is 9.59 Å². The Morgan fingerprint density at radius 1 is 0.778 bits per heavy atom. The third-order valence-electron chi connectivity index (χ3n) is 2.61. The number of hydrogen-bond donors (Lipinski definition) is 0. The number of hydrogen-bond acceptors (Lipinski definition) is 4. The van der Waals surface area contributed by atoms with E-state index >= 15 is 0 Å². The number of carbonyl (C=O) groups excluding carboxylic acids is 2. The number of thiophene rings is 2. The Morgan fingerprint density at radius 2 is 1.11 bits per heavy atom. The highest BCUT2D eigenvalue weighted by molar-refractivity contribution is 7.23. The Kier molecular flexibility index (Phi) is 3.50. The fraction of sp³-hybridized carbons (Fsp3) is 0.286. The van der Waals surface area contributed by atoms with Crippen molar-refractivity contribution in [1.29, 1.82) is 0 Å². The molecule has 2 aromatic rings. The van der Waals surface area contributed by atoms with Gasteiger partial charge in [0, 0.05) is 20.9 Å². The molecule has 18 heavy (non-hydrogen) atoms. The number of Topliss-reactive ketones (excluding diaryl/α,β-unsaturated/α-hetero) is 2. The van der Waals surface area contributed by atoms with Gasteiger partial charge in [-0.1, -0.05) is 13.8 Å². The van der Waals surface area contributed by atoms with Crippen LogP contribution in [-0.4, -0.2) is 11.6 Å². The van der Waals surface area contributed by atoms with E-state index in [0.29, 0.717) is 11.1 Å². The number of ketones is 2. The zero-order chi connectivity index (χ0) is 13.4. The van der Waals surface area contributed by atoms with E-state index in [4.69, 9.17) is 0 Å². The Labute approximate surface area is 114 Å². The summed E-state index contributed by atoms with van der Waals surface area (Å²) in [5.41, 5.74) is 1.17. The molecule has 0 aliphatic heterocycles. The van der Waals surface area contributed by atoms with E-state index in [1.165, 1.54) is 0 Å². The van der Waals surface area contributed by atoms with Gasteiger partial charge in [0.15, 0.2) is 0 Å². The quantitative estimate of drug-likeness (QED) is 0.665. The molecule has 94 valence electrons. The lowest BCUT2D eigenvalue weighted by Crippen LogP contribution is -2.18. The Hall–Kier alpha value is -1.26. The van der Waals surface area contributed by atoms with Crippen LogP contribution < -0.4 is 0 Å². The first-order valence-corrected chi connectivity index (χ1v) is 7.51. The smallest absolute Gasteiger partial charge is 0.235 e. The molecular weight excluding hydrogens is 264 g/mol. The third-order valence-corrected chi connectivity index (χ3v) is 4.88. The molecule has 0 bridgehead atoms. The SMILES string of the molecule is CC.Cc1cc2c(s1)-c1sc(C)cc1C(=O)C2=O. The maximum Gasteiger partial charge on any atom is 0.235 e. The predicted molar refractivity (Wildman–Crippen MR) is 77.1 cm³/mol. The predicted octanol–water partition coefficient (Wildman–Crippen LogP) is 4.50. The van der Waals surface area contributed by atoms with E-state index in [1.54, 1.807) is 22.7 Å². The van der Waals surface area contributed by atoms with Gasteiger partial charge in [-0.25, -0.2) is 0 Å². The summed E-state index contributed by atoms with van der Waals surface area (Å²) in [6.07, 6.45) is 0. The van der Waals surface area contributed by atoms with E-state index < -0.39 is 0 Å². The Morgan fingerprint density at radius 3 is 1.44 bits per heavy atom. The van der Waals surface area contributed by atoms with Crippen LogP contribution in [0.25, 0.3) is 9.75 Å². The van der Waals surface area contributed by atoms with Crippen LogP contribution in [0.2, 0.25) is 0 Å². The maximum absolute atomic E-state index is 11.9. The van der Waals surface area contributed by atoms with Gasteiger partial charge in [0.25, 0.3) is 0 Å². The monoisotopic (exact) mass is 278 g/mol. The minimum absolute atomic E-state index is 0.357. The van der Waals surface area contributed by atoms with Gasteiger partial charge in [0.1, 0.15) is 0 Å². The average molecular weight is 278 g/mol. The van der Waals surface area contributed by atoms with Gasteiger partial charge < -0.3 is 0 Å². The molecule has 0 N–H and O–H groups in total. The van der Waals surface area contributed by atoms with E-state index in [-0.39, 0.29) is 11.6 Å². The molecule has 2 heterocycles. The lowest BCUT2D eigenvalue weighted by atomic mass is 9.95. The molecule has 0 amide bonds. The summed E-state index contributed by atoms with van der Waals surface area (Å²) < 4.78 is 0. The molecular formula is C14H14O2S2. The van der Waals surface area contributed by atoms with E-state index in [1.807, 2.05) is 39.8 Å². The molecule has 0 unspecified atom stereocenters. The van der Waals surface area contributed by atoms with Crippen molar-refractivity contribution in [3.63, 3.8) is 0 Å². The summed E-state index contributed by atoms with van der Waals surface area (Å²) in [5.74, 6) is -0.714. The second-order valence-electron chi connectivity index (χ2n) is 3.86. The molecule has 2 nitrogen and oxygen atoms in total. The molecule has 0 atom stereocenters. The molecule has 0 saturated heterocycles. The van der Waals surface area contributed by atoms with Crippen LogP contribution in [0.1, 0.15) is 44.3 Å². The summed E-state index contributed by atoms with van der Waals surface area (Å²) in [6.45, 7) is 7.92. The van der Waals surface area contributed by atoms with Crippen molar-refractivity contribution in [1.82, 2.24) is 0 Å². The van der Waals surface area contributed by atoms with Crippen LogP contribution in [-0.2, 0) is 0 Å². The Bertz CT molecular complexity index is 576. The van der Waals surface area contributed by atoms with Crippen molar-refractivity contribution in [3.8, 4) is 9.75 Å². The molecule has 1 aliphatic carbocycles.